The molecule has 0 aliphatic carbocycles. The summed E-state index contributed by atoms with van der Waals surface area (Å²) < 4.78 is 20.8. The van der Waals surface area contributed by atoms with Crippen LogP contribution in [0.25, 0.3) is 0 Å². The lowest BCUT2D eigenvalue weighted by Gasteiger charge is -2.50. The Kier molecular flexibility index (Phi) is 6.88. The van der Waals surface area contributed by atoms with Crippen LogP contribution in [0.1, 0.15) is 41.5 Å². The lowest BCUT2D eigenvalue weighted by atomic mass is 9.82. The zero-order valence-electron chi connectivity index (χ0n) is 13.0. The first-order valence-electron chi connectivity index (χ1n) is 6.51. The van der Waals surface area contributed by atoms with Crippen LogP contribution in [0.3, 0.4) is 0 Å². The van der Waals surface area contributed by atoms with E-state index < -0.39 is 21.3 Å². The van der Waals surface area contributed by atoms with Crippen LogP contribution in [0.5, 0.6) is 0 Å². The Labute approximate surface area is 124 Å². The van der Waals surface area contributed by atoms with Gasteiger partial charge in [0.2, 0.25) is 0 Å². The summed E-state index contributed by atoms with van der Waals surface area (Å²) >= 11 is 0. The van der Waals surface area contributed by atoms with Crippen LogP contribution in [-0.2, 0) is 4.74 Å². The van der Waals surface area contributed by atoms with E-state index in [-0.39, 0.29) is 12.5 Å². The summed E-state index contributed by atoms with van der Waals surface area (Å²) in [6.45, 7) is 11.6. The van der Waals surface area contributed by atoms with Gasteiger partial charge in [0.25, 0.3) is 0 Å². The second-order valence-electron chi connectivity index (χ2n) is 6.88. The fourth-order valence-corrected chi connectivity index (χ4v) is 2.76. The summed E-state index contributed by atoms with van der Waals surface area (Å²) in [5.41, 5.74) is -1.05. The summed E-state index contributed by atoms with van der Waals surface area (Å²) in [6, 6.07) is 0. The highest BCUT2D eigenvalue weighted by Crippen LogP contribution is 2.59. The SMILES string of the molecule is CC(C)C(F)(P)C(P)(P)C(C)(C)COC(C)(C)CO. The fraction of sp³-hybridized carbons (Fsp3) is 1.00. The van der Waals surface area contributed by atoms with Gasteiger partial charge in [-0.2, -0.15) is 0 Å². The molecule has 0 rings (SSSR count). The Morgan fingerprint density at radius 1 is 1.11 bits per heavy atom. The highest BCUT2D eigenvalue weighted by Gasteiger charge is 2.54. The van der Waals surface area contributed by atoms with Gasteiger partial charge in [-0.25, -0.2) is 4.39 Å². The van der Waals surface area contributed by atoms with Gasteiger partial charge in [-0.15, -0.1) is 18.5 Å². The largest absolute Gasteiger partial charge is 0.393 e. The lowest BCUT2D eigenvalue weighted by molar-refractivity contribution is -0.0901. The molecule has 2 nitrogen and oxygen atoms in total. The van der Waals surface area contributed by atoms with E-state index in [2.05, 4.69) is 27.7 Å². The van der Waals surface area contributed by atoms with Crippen molar-refractivity contribution in [1.82, 2.24) is 0 Å². The maximum Gasteiger partial charge on any atom is 0.138 e. The van der Waals surface area contributed by atoms with Crippen LogP contribution in [0.2, 0.25) is 0 Å². The zero-order chi connectivity index (χ0) is 15.7. The maximum absolute atomic E-state index is 15.0. The van der Waals surface area contributed by atoms with Gasteiger partial charge in [0.05, 0.1) is 18.8 Å². The molecule has 0 aliphatic rings. The standard InChI is InChI=1S/C13H30FO2P3/c1-9(2)12(14,17)13(18,19)10(3,4)8-16-11(5,6)7-15/h9,15H,7-8,17-19H2,1-6H3. The quantitative estimate of drug-likeness (QED) is 0.725. The number of hydrogen-bond donors (Lipinski definition) is 1. The van der Waals surface area contributed by atoms with E-state index >= 15 is 4.39 Å². The second-order valence-corrected chi connectivity index (χ2v) is 10.2. The molecular formula is C13H30FO2P3. The lowest BCUT2D eigenvalue weighted by Crippen LogP contribution is -2.53. The molecule has 0 amide bonds. The molecule has 4 unspecified atom stereocenters. The van der Waals surface area contributed by atoms with Gasteiger partial charge >= 0.3 is 0 Å². The average molecular weight is 330 g/mol. The molecule has 0 heterocycles. The minimum atomic E-state index is -1.45. The van der Waals surface area contributed by atoms with Crippen molar-refractivity contribution in [3.05, 3.63) is 0 Å². The van der Waals surface area contributed by atoms with E-state index in [0.717, 1.165) is 0 Å². The van der Waals surface area contributed by atoms with E-state index in [1.165, 1.54) is 0 Å². The third-order valence-corrected chi connectivity index (χ3v) is 8.06. The molecule has 19 heavy (non-hydrogen) atoms. The molecule has 1 N–H and O–H groups in total. The van der Waals surface area contributed by atoms with Gasteiger partial charge in [-0.05, 0) is 19.8 Å². The number of aliphatic hydroxyl groups is 1. The summed E-state index contributed by atoms with van der Waals surface area (Å²) in [4.78, 5) is -0.746. The predicted octanol–water partition coefficient (Wildman–Crippen LogP) is 3.44. The Hall–Kier alpha value is 1.14. The number of halogens is 1. The smallest absolute Gasteiger partial charge is 0.138 e. The summed E-state index contributed by atoms with van der Waals surface area (Å²) in [5, 5.41) is 7.78. The molecule has 4 atom stereocenters. The van der Waals surface area contributed by atoms with Crippen molar-refractivity contribution in [1.29, 1.82) is 0 Å². The van der Waals surface area contributed by atoms with Crippen LogP contribution < -0.4 is 0 Å². The van der Waals surface area contributed by atoms with Crippen molar-refractivity contribution >= 4 is 27.7 Å². The first-order valence-corrected chi connectivity index (χ1v) is 8.25. The Bertz CT molecular complexity index is 302. The first-order chi connectivity index (χ1) is 8.21. The summed E-state index contributed by atoms with van der Waals surface area (Å²) in [7, 11) is 7.60. The van der Waals surface area contributed by atoms with Gasteiger partial charge in [-0.1, -0.05) is 36.9 Å². The van der Waals surface area contributed by atoms with Crippen LogP contribution >= 0.6 is 27.7 Å². The highest BCUT2D eigenvalue weighted by molar-refractivity contribution is 7.42. The molecule has 0 aliphatic heterocycles. The van der Waals surface area contributed by atoms with Gasteiger partial charge in [0.15, 0.2) is 0 Å². The zero-order valence-corrected chi connectivity index (χ0v) is 16.4. The maximum atomic E-state index is 15.0. The molecule has 116 valence electrons. The van der Waals surface area contributed by atoms with E-state index in [1.807, 2.05) is 41.5 Å². The minimum Gasteiger partial charge on any atom is -0.393 e. The van der Waals surface area contributed by atoms with E-state index in [1.54, 1.807) is 0 Å². The van der Waals surface area contributed by atoms with Crippen LogP contribution in [-0.4, -0.2) is 34.2 Å². The molecule has 0 saturated heterocycles. The topological polar surface area (TPSA) is 29.5 Å². The number of aliphatic hydroxyl groups excluding tert-OH is 1. The summed E-state index contributed by atoms with van der Waals surface area (Å²) in [5.74, 6) is -0.141. The fourth-order valence-electron chi connectivity index (χ4n) is 1.54. The molecular weight excluding hydrogens is 300 g/mol. The van der Waals surface area contributed by atoms with Crippen LogP contribution in [0, 0.1) is 11.3 Å². The summed E-state index contributed by atoms with van der Waals surface area (Å²) in [6.07, 6.45) is 0. The Morgan fingerprint density at radius 2 is 1.53 bits per heavy atom. The van der Waals surface area contributed by atoms with Crippen molar-refractivity contribution in [2.45, 2.75) is 57.5 Å². The van der Waals surface area contributed by atoms with Crippen LogP contribution in [0.15, 0.2) is 0 Å². The van der Waals surface area contributed by atoms with Gasteiger partial charge in [-0.3, -0.25) is 0 Å². The molecule has 0 fully saturated rings. The number of alkyl halides is 1. The third kappa shape index (κ3) is 4.55. The van der Waals surface area contributed by atoms with Crippen LogP contribution in [0.4, 0.5) is 4.39 Å². The Morgan fingerprint density at radius 3 is 1.84 bits per heavy atom. The second kappa shape index (κ2) is 6.50. The van der Waals surface area contributed by atoms with Crippen molar-refractivity contribution in [3.8, 4) is 0 Å². The number of hydrogen-bond acceptors (Lipinski definition) is 2. The van der Waals surface area contributed by atoms with E-state index in [9.17, 15) is 5.11 Å². The van der Waals surface area contributed by atoms with Crippen molar-refractivity contribution < 1.29 is 14.2 Å². The molecule has 0 saturated carbocycles. The van der Waals surface area contributed by atoms with Crippen molar-refractivity contribution in [2.24, 2.45) is 11.3 Å². The first kappa shape index (κ1) is 20.1. The third-order valence-electron chi connectivity index (χ3n) is 3.80. The number of rotatable bonds is 7. The van der Waals surface area contributed by atoms with Crippen molar-refractivity contribution in [3.63, 3.8) is 0 Å². The van der Waals surface area contributed by atoms with Gasteiger partial charge in [0.1, 0.15) is 5.41 Å². The molecule has 0 radical (unpaired) electrons. The molecule has 6 heteroatoms. The minimum absolute atomic E-state index is 0.0599. The van der Waals surface area contributed by atoms with Crippen molar-refractivity contribution in [2.75, 3.05) is 13.2 Å². The molecule has 0 aromatic carbocycles. The molecule has 0 aromatic rings. The van der Waals surface area contributed by atoms with Gasteiger partial charge < -0.3 is 9.84 Å². The van der Waals surface area contributed by atoms with E-state index in [0.29, 0.717) is 6.61 Å². The van der Waals surface area contributed by atoms with E-state index in [4.69, 9.17) is 4.74 Å². The average Bonchev–Trinajstić information content (AvgIpc) is 2.26. The molecule has 0 bridgehead atoms. The monoisotopic (exact) mass is 330 g/mol. The predicted molar refractivity (Wildman–Crippen MR) is 91.4 cm³/mol. The number of ether oxygens (including phenoxy) is 1. The highest BCUT2D eigenvalue weighted by atomic mass is 31.1. The molecule has 0 aromatic heterocycles. The normalized spacial score (nSPS) is 17.7. The molecule has 0 spiro atoms. The Balaban J connectivity index is 5.08. The van der Waals surface area contributed by atoms with Gasteiger partial charge in [0, 0.05) is 10.3 Å².